The molecule has 0 saturated carbocycles. The monoisotopic (exact) mass is 100 g/mol. The maximum Gasteiger partial charge on any atom is 0.0696 e. The highest BCUT2D eigenvalue weighted by atomic mass is 16.3. The van der Waals surface area contributed by atoms with E-state index in [0.717, 1.165) is 19.5 Å². The van der Waals surface area contributed by atoms with E-state index in [4.69, 9.17) is 5.11 Å². The number of hydrogen-bond acceptors (Lipinski definition) is 2. The molecular weight excluding hydrogens is 90.1 g/mol. The van der Waals surface area contributed by atoms with Gasteiger partial charge in [0.05, 0.1) is 6.10 Å². The van der Waals surface area contributed by atoms with E-state index in [-0.39, 0.29) is 6.10 Å². The Morgan fingerprint density at radius 3 is 2.86 bits per heavy atom. The van der Waals surface area contributed by atoms with Gasteiger partial charge in [0.2, 0.25) is 0 Å². The van der Waals surface area contributed by atoms with Gasteiger partial charge in [-0.2, -0.15) is 0 Å². The standard InChI is InChI=1S/C5H10NO/c7-5-2-1-3-6-4-5/h2,5-7H,1,3-4H2. The number of piperidine rings is 1. The Balaban J connectivity index is 2.12. The molecule has 1 rings (SSSR count). The predicted octanol–water partition coefficient (Wildman–Crippen LogP) is -0.455. The molecule has 2 nitrogen and oxygen atoms in total. The van der Waals surface area contributed by atoms with Crippen molar-refractivity contribution in [2.24, 2.45) is 0 Å². The summed E-state index contributed by atoms with van der Waals surface area (Å²) in [5, 5.41) is 11.8. The van der Waals surface area contributed by atoms with Gasteiger partial charge in [-0.15, -0.1) is 0 Å². The van der Waals surface area contributed by atoms with Crippen LogP contribution in [-0.2, 0) is 0 Å². The molecule has 0 aromatic rings. The van der Waals surface area contributed by atoms with Crippen molar-refractivity contribution in [3.8, 4) is 0 Å². The zero-order chi connectivity index (χ0) is 5.11. The van der Waals surface area contributed by atoms with Crippen molar-refractivity contribution in [2.75, 3.05) is 13.1 Å². The number of aliphatic hydroxyl groups excluding tert-OH is 1. The topological polar surface area (TPSA) is 32.3 Å². The van der Waals surface area contributed by atoms with Gasteiger partial charge < -0.3 is 10.4 Å². The first-order valence-corrected chi connectivity index (χ1v) is 2.62. The lowest BCUT2D eigenvalue weighted by Gasteiger charge is -2.16. The zero-order valence-electron chi connectivity index (χ0n) is 4.22. The zero-order valence-corrected chi connectivity index (χ0v) is 4.22. The fraction of sp³-hybridized carbons (Fsp3) is 0.800. The molecule has 0 aliphatic carbocycles. The molecule has 1 aliphatic rings. The Morgan fingerprint density at radius 1 is 1.71 bits per heavy atom. The second-order valence-corrected chi connectivity index (χ2v) is 1.80. The molecule has 1 radical (unpaired) electrons. The summed E-state index contributed by atoms with van der Waals surface area (Å²) in [6.45, 7) is 1.76. The Hall–Kier alpha value is -0.0800. The van der Waals surface area contributed by atoms with Gasteiger partial charge in [-0.05, 0) is 19.4 Å². The van der Waals surface area contributed by atoms with Crippen LogP contribution in [0.15, 0.2) is 0 Å². The van der Waals surface area contributed by atoms with E-state index in [1.54, 1.807) is 0 Å². The van der Waals surface area contributed by atoms with E-state index in [1.165, 1.54) is 0 Å². The molecule has 0 aromatic heterocycles. The second kappa shape index (κ2) is 2.28. The van der Waals surface area contributed by atoms with Crippen molar-refractivity contribution in [3.63, 3.8) is 0 Å². The van der Waals surface area contributed by atoms with Gasteiger partial charge in [-0.3, -0.25) is 0 Å². The average Bonchev–Trinajstić information content (AvgIpc) is 1.69. The third-order valence-electron chi connectivity index (χ3n) is 1.11. The molecule has 1 unspecified atom stereocenters. The van der Waals surface area contributed by atoms with Crippen LogP contribution in [0.25, 0.3) is 0 Å². The van der Waals surface area contributed by atoms with Crippen LogP contribution < -0.4 is 5.32 Å². The van der Waals surface area contributed by atoms with Crippen molar-refractivity contribution in [2.45, 2.75) is 12.5 Å². The van der Waals surface area contributed by atoms with Crippen LogP contribution in [-0.4, -0.2) is 24.3 Å². The van der Waals surface area contributed by atoms with Crippen LogP contribution in [0.3, 0.4) is 0 Å². The van der Waals surface area contributed by atoms with Crippen molar-refractivity contribution in [1.29, 1.82) is 0 Å². The van der Waals surface area contributed by atoms with Crippen LogP contribution in [0, 0.1) is 6.42 Å². The van der Waals surface area contributed by atoms with E-state index < -0.39 is 0 Å². The van der Waals surface area contributed by atoms with Crippen molar-refractivity contribution < 1.29 is 5.11 Å². The van der Waals surface area contributed by atoms with Crippen LogP contribution >= 0.6 is 0 Å². The number of hydrogen-bond donors (Lipinski definition) is 2. The third-order valence-corrected chi connectivity index (χ3v) is 1.11. The molecule has 1 fully saturated rings. The lowest BCUT2D eigenvalue weighted by molar-refractivity contribution is 0.186. The maximum absolute atomic E-state index is 8.79. The molecule has 2 N–H and O–H groups in total. The highest BCUT2D eigenvalue weighted by Crippen LogP contribution is 1.97. The van der Waals surface area contributed by atoms with Crippen LogP contribution in [0.1, 0.15) is 6.42 Å². The summed E-state index contributed by atoms with van der Waals surface area (Å²) < 4.78 is 0. The molecule has 0 spiro atoms. The summed E-state index contributed by atoms with van der Waals surface area (Å²) in [5.41, 5.74) is 0. The van der Waals surface area contributed by atoms with Gasteiger partial charge in [-0.1, -0.05) is 0 Å². The SMILES string of the molecule is OC1[CH]CCNC1. The summed E-state index contributed by atoms with van der Waals surface area (Å²) in [7, 11) is 0. The lowest BCUT2D eigenvalue weighted by atomic mass is 10.1. The van der Waals surface area contributed by atoms with E-state index >= 15 is 0 Å². The minimum Gasteiger partial charge on any atom is -0.392 e. The number of β-amino-alcohol motifs (C(OH)–C–C–N with tert-alkyl or cyclic N) is 1. The summed E-state index contributed by atoms with van der Waals surface area (Å²) in [6, 6.07) is 0. The minimum atomic E-state index is -0.200. The third kappa shape index (κ3) is 1.45. The van der Waals surface area contributed by atoms with E-state index in [9.17, 15) is 0 Å². The highest BCUT2D eigenvalue weighted by molar-refractivity contribution is 4.82. The fourth-order valence-corrected chi connectivity index (χ4v) is 0.711. The van der Waals surface area contributed by atoms with E-state index in [2.05, 4.69) is 5.32 Å². The number of rotatable bonds is 0. The largest absolute Gasteiger partial charge is 0.392 e. The Bertz CT molecular complexity index is 50.0. The molecule has 1 aliphatic heterocycles. The van der Waals surface area contributed by atoms with Gasteiger partial charge in [0, 0.05) is 6.54 Å². The van der Waals surface area contributed by atoms with E-state index in [0.29, 0.717) is 0 Å². The van der Waals surface area contributed by atoms with Gasteiger partial charge in [0.25, 0.3) is 0 Å². The van der Waals surface area contributed by atoms with Crippen LogP contribution in [0.2, 0.25) is 0 Å². The predicted molar refractivity (Wildman–Crippen MR) is 27.8 cm³/mol. The van der Waals surface area contributed by atoms with Crippen LogP contribution in [0.4, 0.5) is 0 Å². The molecule has 1 atom stereocenters. The van der Waals surface area contributed by atoms with Crippen molar-refractivity contribution in [3.05, 3.63) is 6.42 Å². The van der Waals surface area contributed by atoms with Crippen molar-refractivity contribution >= 4 is 0 Å². The van der Waals surface area contributed by atoms with Gasteiger partial charge >= 0.3 is 0 Å². The van der Waals surface area contributed by atoms with Gasteiger partial charge in [0.15, 0.2) is 0 Å². The molecule has 2 heteroatoms. The van der Waals surface area contributed by atoms with Crippen molar-refractivity contribution in [1.82, 2.24) is 5.32 Å². The van der Waals surface area contributed by atoms with E-state index in [1.807, 2.05) is 6.42 Å². The summed E-state index contributed by atoms with van der Waals surface area (Å²) in [5.74, 6) is 0. The summed E-state index contributed by atoms with van der Waals surface area (Å²) in [6.07, 6.45) is 2.73. The van der Waals surface area contributed by atoms with Gasteiger partial charge in [0.1, 0.15) is 0 Å². The summed E-state index contributed by atoms with van der Waals surface area (Å²) in [4.78, 5) is 0. The van der Waals surface area contributed by atoms with Crippen LogP contribution in [0.5, 0.6) is 0 Å². The minimum absolute atomic E-state index is 0.200. The number of aliphatic hydroxyl groups is 1. The average molecular weight is 100 g/mol. The molecule has 41 valence electrons. The fourth-order valence-electron chi connectivity index (χ4n) is 0.711. The number of nitrogens with one attached hydrogen (secondary N) is 1. The molecule has 0 bridgehead atoms. The Kier molecular flexibility index (Phi) is 1.65. The highest BCUT2D eigenvalue weighted by Gasteiger charge is 2.07. The molecule has 1 saturated heterocycles. The summed E-state index contributed by atoms with van der Waals surface area (Å²) >= 11 is 0. The second-order valence-electron chi connectivity index (χ2n) is 1.80. The first-order chi connectivity index (χ1) is 3.39. The lowest BCUT2D eigenvalue weighted by Crippen LogP contribution is -2.33. The molecular formula is C5H10NO. The smallest absolute Gasteiger partial charge is 0.0696 e. The Labute approximate surface area is 43.5 Å². The Morgan fingerprint density at radius 2 is 2.57 bits per heavy atom. The first kappa shape index (κ1) is 5.06. The normalized spacial score (nSPS) is 33.0. The molecule has 1 heterocycles. The molecule has 7 heavy (non-hydrogen) atoms. The maximum atomic E-state index is 8.79. The molecule has 0 aromatic carbocycles. The molecule has 0 amide bonds. The van der Waals surface area contributed by atoms with Gasteiger partial charge in [-0.25, -0.2) is 0 Å². The first-order valence-electron chi connectivity index (χ1n) is 2.62. The quantitative estimate of drug-likeness (QED) is 0.432.